The first kappa shape index (κ1) is 8.01. The number of aromatic nitrogens is 1. The summed E-state index contributed by atoms with van der Waals surface area (Å²) in [6.07, 6.45) is 3.48. The topological polar surface area (TPSA) is 48.0 Å². The number of hydrogen-bond donors (Lipinski definition) is 1. The van der Waals surface area contributed by atoms with E-state index >= 15 is 0 Å². The van der Waals surface area contributed by atoms with Gasteiger partial charge in [0.25, 0.3) is 0 Å². The fraction of sp³-hybridized carbons (Fsp3) is 0.375. The summed E-state index contributed by atoms with van der Waals surface area (Å²) in [5, 5.41) is 0. The first-order chi connectivity index (χ1) is 5.18. The standard InChI is InChI=1S/C8H12N2O/c1-7(9)6-10-4-2-8(11)3-5-10/h2-5,7H,6,9H2,1H3/t7-/m0/s1. The second-order valence-corrected chi connectivity index (χ2v) is 2.71. The maximum atomic E-state index is 10.7. The lowest BCUT2D eigenvalue weighted by molar-refractivity contribution is 0.586. The molecule has 0 unspecified atom stereocenters. The van der Waals surface area contributed by atoms with Gasteiger partial charge in [-0.3, -0.25) is 4.79 Å². The minimum atomic E-state index is 0.0333. The van der Waals surface area contributed by atoms with Crippen LogP contribution in [0.2, 0.25) is 0 Å². The fourth-order valence-electron chi connectivity index (χ4n) is 0.898. The van der Waals surface area contributed by atoms with Crippen LogP contribution < -0.4 is 11.2 Å². The van der Waals surface area contributed by atoms with Crippen LogP contribution in [0.4, 0.5) is 0 Å². The third kappa shape index (κ3) is 2.55. The Morgan fingerprint density at radius 1 is 1.55 bits per heavy atom. The van der Waals surface area contributed by atoms with E-state index in [2.05, 4.69) is 0 Å². The molecule has 0 bridgehead atoms. The van der Waals surface area contributed by atoms with Crippen molar-refractivity contribution in [2.75, 3.05) is 0 Å². The molecule has 0 radical (unpaired) electrons. The van der Waals surface area contributed by atoms with E-state index < -0.39 is 0 Å². The number of nitrogens with zero attached hydrogens (tertiary/aromatic N) is 1. The number of nitrogens with two attached hydrogens (primary N) is 1. The molecule has 3 nitrogen and oxygen atoms in total. The van der Waals surface area contributed by atoms with Crippen LogP contribution in [-0.2, 0) is 6.54 Å². The molecule has 0 fully saturated rings. The second kappa shape index (κ2) is 3.34. The molecule has 0 saturated heterocycles. The Labute approximate surface area is 65.5 Å². The van der Waals surface area contributed by atoms with Gasteiger partial charge in [-0.15, -0.1) is 0 Å². The van der Waals surface area contributed by atoms with Gasteiger partial charge in [-0.1, -0.05) is 0 Å². The lowest BCUT2D eigenvalue weighted by Crippen LogP contribution is -2.22. The minimum Gasteiger partial charge on any atom is -0.352 e. The zero-order chi connectivity index (χ0) is 8.27. The summed E-state index contributed by atoms with van der Waals surface area (Å²) in [4.78, 5) is 10.7. The molecule has 60 valence electrons. The van der Waals surface area contributed by atoms with Crippen molar-refractivity contribution >= 4 is 0 Å². The molecule has 0 aliphatic carbocycles. The Morgan fingerprint density at radius 3 is 2.55 bits per heavy atom. The molecule has 0 spiro atoms. The normalized spacial score (nSPS) is 12.9. The number of pyridine rings is 1. The summed E-state index contributed by atoms with van der Waals surface area (Å²) in [5.74, 6) is 0. The van der Waals surface area contributed by atoms with Gasteiger partial charge in [0.1, 0.15) is 0 Å². The van der Waals surface area contributed by atoms with Crippen LogP contribution in [0.15, 0.2) is 29.3 Å². The summed E-state index contributed by atoms with van der Waals surface area (Å²) in [5.41, 5.74) is 5.60. The Hall–Kier alpha value is -1.09. The van der Waals surface area contributed by atoms with E-state index in [4.69, 9.17) is 5.73 Å². The van der Waals surface area contributed by atoms with Crippen molar-refractivity contribution in [3.8, 4) is 0 Å². The van der Waals surface area contributed by atoms with E-state index in [1.807, 2.05) is 11.5 Å². The van der Waals surface area contributed by atoms with Crippen molar-refractivity contribution in [1.82, 2.24) is 4.57 Å². The third-order valence-electron chi connectivity index (χ3n) is 1.36. The van der Waals surface area contributed by atoms with Crippen molar-refractivity contribution in [2.24, 2.45) is 5.73 Å². The van der Waals surface area contributed by atoms with E-state index in [1.54, 1.807) is 12.4 Å². The fourth-order valence-corrected chi connectivity index (χ4v) is 0.898. The molecular weight excluding hydrogens is 140 g/mol. The molecular formula is C8H12N2O. The molecule has 0 aliphatic heterocycles. The predicted octanol–water partition coefficient (Wildman–Crippen LogP) is 0.195. The van der Waals surface area contributed by atoms with Crippen LogP contribution in [0, 0.1) is 0 Å². The van der Waals surface area contributed by atoms with Crippen molar-refractivity contribution < 1.29 is 0 Å². The van der Waals surface area contributed by atoms with Crippen LogP contribution in [0.1, 0.15) is 6.92 Å². The molecule has 0 saturated carbocycles. The van der Waals surface area contributed by atoms with E-state index in [0.29, 0.717) is 0 Å². The van der Waals surface area contributed by atoms with Crippen LogP contribution in [0.5, 0.6) is 0 Å². The maximum Gasteiger partial charge on any atom is 0.181 e. The number of rotatable bonds is 2. The smallest absolute Gasteiger partial charge is 0.181 e. The second-order valence-electron chi connectivity index (χ2n) is 2.71. The molecule has 1 aromatic rings. The van der Waals surface area contributed by atoms with E-state index in [1.165, 1.54) is 12.1 Å². The maximum absolute atomic E-state index is 10.7. The molecule has 0 amide bonds. The van der Waals surface area contributed by atoms with Gasteiger partial charge in [0.15, 0.2) is 5.43 Å². The van der Waals surface area contributed by atoms with Crippen molar-refractivity contribution in [2.45, 2.75) is 19.5 Å². The summed E-state index contributed by atoms with van der Waals surface area (Å²) in [6.45, 7) is 2.68. The minimum absolute atomic E-state index is 0.0333. The van der Waals surface area contributed by atoms with Gasteiger partial charge < -0.3 is 10.3 Å². The van der Waals surface area contributed by atoms with Crippen LogP contribution in [0.25, 0.3) is 0 Å². The van der Waals surface area contributed by atoms with E-state index in [9.17, 15) is 4.79 Å². The molecule has 2 N–H and O–H groups in total. The molecule has 1 aromatic heterocycles. The van der Waals surface area contributed by atoms with Gasteiger partial charge in [0, 0.05) is 37.1 Å². The summed E-state index contributed by atoms with van der Waals surface area (Å²) in [7, 11) is 0. The van der Waals surface area contributed by atoms with Crippen molar-refractivity contribution in [3.63, 3.8) is 0 Å². The van der Waals surface area contributed by atoms with Gasteiger partial charge in [0.2, 0.25) is 0 Å². The molecule has 1 atom stereocenters. The van der Waals surface area contributed by atoms with Crippen LogP contribution in [0.3, 0.4) is 0 Å². The SMILES string of the molecule is C[C@H](N)Cn1ccc(=O)cc1. The average molecular weight is 152 g/mol. The molecule has 0 aliphatic rings. The Morgan fingerprint density at radius 2 is 2.09 bits per heavy atom. The van der Waals surface area contributed by atoms with Gasteiger partial charge >= 0.3 is 0 Å². The average Bonchev–Trinajstić information content (AvgIpc) is 1.93. The van der Waals surface area contributed by atoms with Gasteiger partial charge in [-0.05, 0) is 6.92 Å². The zero-order valence-corrected chi connectivity index (χ0v) is 6.53. The van der Waals surface area contributed by atoms with E-state index in [-0.39, 0.29) is 11.5 Å². The van der Waals surface area contributed by atoms with Crippen molar-refractivity contribution in [3.05, 3.63) is 34.7 Å². The van der Waals surface area contributed by atoms with Crippen LogP contribution in [-0.4, -0.2) is 10.6 Å². The van der Waals surface area contributed by atoms with Crippen molar-refractivity contribution in [1.29, 1.82) is 0 Å². The summed E-state index contributed by atoms with van der Waals surface area (Å²) < 4.78 is 1.89. The Bertz CT molecular complexity index is 257. The zero-order valence-electron chi connectivity index (χ0n) is 6.53. The summed E-state index contributed by atoms with van der Waals surface area (Å²) >= 11 is 0. The predicted molar refractivity (Wildman–Crippen MR) is 44.4 cm³/mol. The largest absolute Gasteiger partial charge is 0.352 e. The highest BCUT2D eigenvalue weighted by atomic mass is 16.1. The van der Waals surface area contributed by atoms with E-state index in [0.717, 1.165) is 6.54 Å². The molecule has 1 rings (SSSR count). The molecule has 0 aromatic carbocycles. The number of hydrogen-bond acceptors (Lipinski definition) is 2. The first-order valence-corrected chi connectivity index (χ1v) is 3.60. The molecule has 1 heterocycles. The molecule has 3 heteroatoms. The monoisotopic (exact) mass is 152 g/mol. The Balaban J connectivity index is 2.74. The molecule has 11 heavy (non-hydrogen) atoms. The van der Waals surface area contributed by atoms with Gasteiger partial charge in [-0.25, -0.2) is 0 Å². The lowest BCUT2D eigenvalue weighted by atomic mass is 10.3. The van der Waals surface area contributed by atoms with Crippen LogP contribution >= 0.6 is 0 Å². The highest BCUT2D eigenvalue weighted by Crippen LogP contribution is 1.86. The first-order valence-electron chi connectivity index (χ1n) is 3.60. The summed E-state index contributed by atoms with van der Waals surface area (Å²) in [6, 6.07) is 3.18. The third-order valence-corrected chi connectivity index (χ3v) is 1.36. The van der Waals surface area contributed by atoms with Gasteiger partial charge in [-0.2, -0.15) is 0 Å². The highest BCUT2D eigenvalue weighted by molar-refractivity contribution is 4.93. The van der Waals surface area contributed by atoms with Gasteiger partial charge in [0.05, 0.1) is 0 Å². The quantitative estimate of drug-likeness (QED) is 0.658. The highest BCUT2D eigenvalue weighted by Gasteiger charge is 1.92. The lowest BCUT2D eigenvalue weighted by Gasteiger charge is -2.07. The Kier molecular flexibility index (Phi) is 2.44.